The van der Waals surface area contributed by atoms with Gasteiger partial charge in [0.2, 0.25) is 17.7 Å². The monoisotopic (exact) mass is 541 g/mol. The summed E-state index contributed by atoms with van der Waals surface area (Å²) in [5.41, 5.74) is 4.93. The largest absolute Gasteiger partial charge is 0.392 e. The highest BCUT2D eigenvalue weighted by Gasteiger charge is 2.34. The van der Waals surface area contributed by atoms with E-state index < -0.39 is 42.0 Å². The molecule has 2 heterocycles. The summed E-state index contributed by atoms with van der Waals surface area (Å²) in [7, 11) is 0. The van der Waals surface area contributed by atoms with Crippen LogP contribution in [0, 0.1) is 11.8 Å². The van der Waals surface area contributed by atoms with E-state index in [1.54, 1.807) is 27.7 Å². The number of benzene rings is 1. The van der Waals surface area contributed by atoms with Crippen LogP contribution in [-0.4, -0.2) is 64.5 Å². The minimum absolute atomic E-state index is 0.203. The zero-order valence-electron chi connectivity index (χ0n) is 23.6. The number of hydrogen-bond donors (Lipinski definition) is 5. The maximum absolute atomic E-state index is 13.2. The first-order valence-corrected chi connectivity index (χ1v) is 13.9. The molecule has 6 atom stereocenters. The second-order valence-electron chi connectivity index (χ2n) is 11.0. The molecule has 0 saturated carbocycles. The predicted molar refractivity (Wildman–Crippen MR) is 149 cm³/mol. The number of rotatable bonds is 1. The number of nitrogens with one attached hydrogen (secondary N) is 4. The first kappa shape index (κ1) is 30.3. The summed E-state index contributed by atoms with van der Waals surface area (Å²) in [6.07, 6.45) is 5.18. The Bertz CT molecular complexity index is 1070. The van der Waals surface area contributed by atoms with Crippen LogP contribution in [0.15, 0.2) is 30.3 Å². The molecule has 3 rings (SSSR count). The van der Waals surface area contributed by atoms with E-state index in [4.69, 9.17) is 0 Å². The van der Waals surface area contributed by atoms with Crippen LogP contribution in [0.1, 0.15) is 77.5 Å². The Kier molecular flexibility index (Phi) is 10.7. The number of amides is 4. The Labute approximate surface area is 230 Å². The van der Waals surface area contributed by atoms with Gasteiger partial charge in [-0.25, -0.2) is 5.43 Å². The summed E-state index contributed by atoms with van der Waals surface area (Å²) in [4.78, 5) is 52.2. The number of allylic oxidation sites excluding steroid dienone is 1. The van der Waals surface area contributed by atoms with Gasteiger partial charge in [0.1, 0.15) is 18.1 Å². The molecule has 1 aromatic carbocycles. The van der Waals surface area contributed by atoms with E-state index in [0.29, 0.717) is 32.2 Å². The Morgan fingerprint density at radius 3 is 2.36 bits per heavy atom. The number of fused-ring (bicyclic) bond motifs is 4. The maximum atomic E-state index is 13.2. The van der Waals surface area contributed by atoms with Crippen molar-refractivity contribution in [2.24, 2.45) is 11.8 Å². The molecule has 1 saturated heterocycles. The van der Waals surface area contributed by atoms with Crippen molar-refractivity contribution in [3.05, 3.63) is 41.5 Å². The van der Waals surface area contributed by atoms with Gasteiger partial charge in [0.15, 0.2) is 0 Å². The van der Waals surface area contributed by atoms with Crippen LogP contribution in [0.2, 0.25) is 0 Å². The summed E-state index contributed by atoms with van der Waals surface area (Å²) < 4.78 is 0. The zero-order valence-corrected chi connectivity index (χ0v) is 23.6. The number of carbonyl (C=O) groups excluding carboxylic acids is 4. The first-order chi connectivity index (χ1) is 18.5. The standard InChI is InChI=1S/C29H43N5O5/c1-17(2)25-28(38)31-20(5)29(39)34-15-9-13-23(33-34)27(37)30-19(4)22-12-8-11-21(16-22)10-6-7-14-24(35)18(3)26(36)32-25/h6,8,10-12,16-20,23-25,33,35H,7,9,13-15H2,1-5H3,(H,30,37)(H,31,38)(H,32,36)/b10-6+/t18-,19-,20+,23+,24-,25+/m1/s1. The second-order valence-corrected chi connectivity index (χ2v) is 11.0. The van der Waals surface area contributed by atoms with Gasteiger partial charge in [-0.1, -0.05) is 51.1 Å². The van der Waals surface area contributed by atoms with E-state index in [0.717, 1.165) is 11.1 Å². The zero-order chi connectivity index (χ0) is 28.7. The van der Waals surface area contributed by atoms with E-state index in [1.807, 2.05) is 43.3 Å². The molecule has 214 valence electrons. The predicted octanol–water partition coefficient (Wildman–Crippen LogP) is 1.81. The molecule has 1 aromatic rings. The van der Waals surface area contributed by atoms with Crippen molar-refractivity contribution in [1.82, 2.24) is 26.4 Å². The van der Waals surface area contributed by atoms with Gasteiger partial charge < -0.3 is 21.1 Å². The van der Waals surface area contributed by atoms with Crippen LogP contribution >= 0.6 is 0 Å². The highest BCUT2D eigenvalue weighted by molar-refractivity contribution is 5.92. The molecule has 0 unspecified atom stereocenters. The molecule has 2 aliphatic rings. The SMILES string of the molecule is CC(C)[C@@H]1NC(=O)[C@H](C)[C@H](O)CC/C=C/c2cccc(c2)[C@@H](C)NC(=O)[C@@H]2CCCN(N2)C(=O)[C@H](C)NC1=O. The van der Waals surface area contributed by atoms with E-state index >= 15 is 0 Å². The van der Waals surface area contributed by atoms with Crippen molar-refractivity contribution in [2.75, 3.05) is 6.54 Å². The molecular formula is C29H43N5O5. The molecular weight excluding hydrogens is 498 g/mol. The quantitative estimate of drug-likeness (QED) is 0.367. The van der Waals surface area contributed by atoms with Crippen LogP contribution < -0.4 is 21.4 Å². The maximum Gasteiger partial charge on any atom is 0.258 e. The normalized spacial score (nSPS) is 30.9. The summed E-state index contributed by atoms with van der Waals surface area (Å²) in [6, 6.07) is 5.26. The molecule has 4 bridgehead atoms. The number of aliphatic hydroxyl groups excluding tert-OH is 1. The summed E-state index contributed by atoms with van der Waals surface area (Å²) in [6.45, 7) is 9.15. The van der Waals surface area contributed by atoms with E-state index in [9.17, 15) is 24.3 Å². The van der Waals surface area contributed by atoms with Crippen molar-refractivity contribution in [2.45, 2.75) is 90.6 Å². The summed E-state index contributed by atoms with van der Waals surface area (Å²) in [5.74, 6) is -2.43. The highest BCUT2D eigenvalue weighted by atomic mass is 16.3. The van der Waals surface area contributed by atoms with Gasteiger partial charge in [-0.15, -0.1) is 0 Å². The smallest absolute Gasteiger partial charge is 0.258 e. The molecule has 2 aliphatic heterocycles. The Morgan fingerprint density at radius 1 is 0.923 bits per heavy atom. The minimum atomic E-state index is -0.886. The highest BCUT2D eigenvalue weighted by Crippen LogP contribution is 2.18. The van der Waals surface area contributed by atoms with E-state index in [1.165, 1.54) is 5.01 Å². The number of carbonyl (C=O) groups is 4. The van der Waals surface area contributed by atoms with Gasteiger partial charge in [-0.3, -0.25) is 24.2 Å². The molecule has 10 nitrogen and oxygen atoms in total. The summed E-state index contributed by atoms with van der Waals surface area (Å²) >= 11 is 0. The van der Waals surface area contributed by atoms with Crippen molar-refractivity contribution in [3.8, 4) is 0 Å². The molecule has 5 N–H and O–H groups in total. The molecule has 4 amide bonds. The summed E-state index contributed by atoms with van der Waals surface area (Å²) in [5, 5.41) is 20.5. The Morgan fingerprint density at radius 2 is 1.64 bits per heavy atom. The van der Waals surface area contributed by atoms with Crippen molar-refractivity contribution >= 4 is 29.7 Å². The van der Waals surface area contributed by atoms with Crippen LogP contribution in [0.25, 0.3) is 6.08 Å². The van der Waals surface area contributed by atoms with Crippen LogP contribution in [-0.2, 0) is 19.2 Å². The van der Waals surface area contributed by atoms with Crippen LogP contribution in [0.3, 0.4) is 0 Å². The lowest BCUT2D eigenvalue weighted by Gasteiger charge is -2.35. The molecule has 0 aromatic heterocycles. The third-order valence-corrected chi connectivity index (χ3v) is 7.44. The van der Waals surface area contributed by atoms with E-state index in [2.05, 4.69) is 21.4 Å². The Balaban J connectivity index is 1.85. The van der Waals surface area contributed by atoms with Gasteiger partial charge in [-0.2, -0.15) is 0 Å². The number of hydrazine groups is 1. The molecule has 1 fully saturated rings. The third kappa shape index (κ3) is 8.12. The average molecular weight is 542 g/mol. The molecule has 0 radical (unpaired) electrons. The lowest BCUT2D eigenvalue weighted by molar-refractivity contribution is -0.143. The molecule has 0 spiro atoms. The van der Waals surface area contributed by atoms with Gasteiger partial charge in [0.25, 0.3) is 5.91 Å². The lowest BCUT2D eigenvalue weighted by atomic mass is 9.96. The molecule has 10 heteroatoms. The molecule has 0 aliphatic carbocycles. The number of aliphatic hydroxyl groups is 1. The minimum Gasteiger partial charge on any atom is -0.392 e. The Hall–Kier alpha value is -3.24. The van der Waals surface area contributed by atoms with Crippen LogP contribution in [0.4, 0.5) is 0 Å². The van der Waals surface area contributed by atoms with Gasteiger partial charge in [-0.05, 0) is 62.6 Å². The van der Waals surface area contributed by atoms with Gasteiger partial charge in [0.05, 0.1) is 18.1 Å². The van der Waals surface area contributed by atoms with Crippen LogP contribution in [0.5, 0.6) is 0 Å². The van der Waals surface area contributed by atoms with Gasteiger partial charge in [0, 0.05) is 6.54 Å². The number of hydrogen-bond acceptors (Lipinski definition) is 6. The number of nitrogens with zero attached hydrogens (tertiary/aromatic N) is 1. The topological polar surface area (TPSA) is 140 Å². The third-order valence-electron chi connectivity index (χ3n) is 7.44. The fourth-order valence-electron chi connectivity index (χ4n) is 4.79. The second kappa shape index (κ2) is 13.7. The average Bonchev–Trinajstić information content (AvgIpc) is 2.92. The molecule has 39 heavy (non-hydrogen) atoms. The fraction of sp³-hybridized carbons (Fsp3) is 0.586. The first-order valence-electron chi connectivity index (χ1n) is 13.9. The van der Waals surface area contributed by atoms with Crippen molar-refractivity contribution < 1.29 is 24.3 Å². The lowest BCUT2D eigenvalue weighted by Crippen LogP contribution is -2.62. The van der Waals surface area contributed by atoms with Crippen molar-refractivity contribution in [3.63, 3.8) is 0 Å². The fourth-order valence-corrected chi connectivity index (χ4v) is 4.79. The van der Waals surface area contributed by atoms with Crippen molar-refractivity contribution in [1.29, 1.82) is 0 Å². The van der Waals surface area contributed by atoms with E-state index in [-0.39, 0.29) is 23.8 Å². The van der Waals surface area contributed by atoms with Gasteiger partial charge >= 0.3 is 0 Å².